The Kier molecular flexibility index (Phi) is 4.89. The number of aliphatic carboxylic acids is 1. The molecule has 1 aromatic rings. The van der Waals surface area contributed by atoms with Crippen LogP contribution < -0.4 is 9.64 Å². The Balaban J connectivity index is 2.42. The minimum Gasteiger partial charge on any atom is -0.490 e. The molecule has 1 heterocycles. The minimum atomic E-state index is -0.905. The van der Waals surface area contributed by atoms with E-state index in [1.165, 1.54) is 13.2 Å². The van der Waals surface area contributed by atoms with Gasteiger partial charge in [0.05, 0.1) is 18.5 Å². The van der Waals surface area contributed by atoms with E-state index in [2.05, 4.69) is 0 Å². The molecule has 0 aromatic heterocycles. The van der Waals surface area contributed by atoms with Gasteiger partial charge in [0.15, 0.2) is 5.75 Å². The van der Waals surface area contributed by atoms with Gasteiger partial charge in [-0.05, 0) is 12.1 Å². The van der Waals surface area contributed by atoms with Gasteiger partial charge in [0.1, 0.15) is 5.69 Å². The van der Waals surface area contributed by atoms with Crippen LogP contribution in [0.15, 0.2) is 18.2 Å². The van der Waals surface area contributed by atoms with Gasteiger partial charge in [0, 0.05) is 24.1 Å². The van der Waals surface area contributed by atoms with Crippen LogP contribution in [0.1, 0.15) is 6.42 Å². The lowest BCUT2D eigenvalue weighted by Gasteiger charge is -2.36. The summed E-state index contributed by atoms with van der Waals surface area (Å²) in [5, 5.41) is 20.4. The van der Waals surface area contributed by atoms with Gasteiger partial charge in [0.2, 0.25) is 0 Å². The van der Waals surface area contributed by atoms with Gasteiger partial charge in [-0.25, -0.2) is 0 Å². The highest BCUT2D eigenvalue weighted by Gasteiger charge is 2.31. The van der Waals surface area contributed by atoms with Crippen molar-refractivity contribution in [3.8, 4) is 5.75 Å². The number of methoxy groups -OCH3 is 1. The van der Waals surface area contributed by atoms with Crippen molar-refractivity contribution in [3.05, 3.63) is 28.3 Å². The number of rotatable bonds is 5. The van der Waals surface area contributed by atoms with E-state index in [1.807, 2.05) is 4.90 Å². The van der Waals surface area contributed by atoms with Crippen molar-refractivity contribution in [2.75, 3.05) is 30.1 Å². The largest absolute Gasteiger partial charge is 0.490 e. The SMILES string of the molecule is COc1cccc(N2CCSCC2CC(=O)O)c1[N+](=O)[O-]. The number of thioether (sulfide) groups is 1. The summed E-state index contributed by atoms with van der Waals surface area (Å²) in [6, 6.07) is 4.60. The quantitative estimate of drug-likeness (QED) is 0.656. The second-order valence-electron chi connectivity index (χ2n) is 4.61. The van der Waals surface area contributed by atoms with Crippen LogP contribution in [0.5, 0.6) is 5.75 Å². The van der Waals surface area contributed by atoms with Gasteiger partial charge in [0.25, 0.3) is 0 Å². The normalized spacial score (nSPS) is 18.3. The number of carbonyl (C=O) groups is 1. The van der Waals surface area contributed by atoms with Gasteiger partial charge in [-0.2, -0.15) is 11.8 Å². The molecule has 1 aliphatic heterocycles. The minimum absolute atomic E-state index is 0.0403. The summed E-state index contributed by atoms with van der Waals surface area (Å²) < 4.78 is 5.06. The Hall–Kier alpha value is -1.96. The van der Waals surface area contributed by atoms with E-state index in [-0.39, 0.29) is 23.9 Å². The molecule has 2 rings (SSSR count). The van der Waals surface area contributed by atoms with Crippen LogP contribution >= 0.6 is 11.8 Å². The standard InChI is InChI=1S/C13H16N2O5S/c1-20-11-4-2-3-10(13(11)15(18)19)14-5-6-21-8-9(14)7-12(16)17/h2-4,9H,5-8H2,1H3,(H,16,17). The third kappa shape index (κ3) is 3.38. The highest BCUT2D eigenvalue weighted by atomic mass is 32.2. The van der Waals surface area contributed by atoms with Crippen LogP contribution in [0.2, 0.25) is 0 Å². The molecule has 1 aliphatic rings. The highest BCUT2D eigenvalue weighted by molar-refractivity contribution is 7.99. The number of carboxylic acids is 1. The predicted octanol–water partition coefficient (Wildman–Crippen LogP) is 2.00. The fraction of sp³-hybridized carbons (Fsp3) is 0.462. The molecular weight excluding hydrogens is 296 g/mol. The molecule has 1 saturated heterocycles. The topological polar surface area (TPSA) is 92.9 Å². The predicted molar refractivity (Wildman–Crippen MR) is 80.4 cm³/mol. The number of nitro benzene ring substituents is 1. The molecule has 21 heavy (non-hydrogen) atoms. The first-order valence-corrected chi connectivity index (χ1v) is 7.57. The Morgan fingerprint density at radius 1 is 1.62 bits per heavy atom. The van der Waals surface area contributed by atoms with Crippen molar-refractivity contribution in [2.45, 2.75) is 12.5 Å². The number of ether oxygens (including phenoxy) is 1. The maximum absolute atomic E-state index is 11.4. The number of benzene rings is 1. The van der Waals surface area contributed by atoms with Crippen LogP contribution in [0.4, 0.5) is 11.4 Å². The van der Waals surface area contributed by atoms with Crippen molar-refractivity contribution >= 4 is 29.1 Å². The van der Waals surface area contributed by atoms with Gasteiger partial charge in [-0.15, -0.1) is 0 Å². The smallest absolute Gasteiger partial charge is 0.333 e. The molecule has 1 atom stereocenters. The summed E-state index contributed by atoms with van der Waals surface area (Å²) in [6.07, 6.45) is -0.0403. The molecule has 0 spiro atoms. The van der Waals surface area contributed by atoms with E-state index in [1.54, 1.807) is 23.9 Å². The summed E-state index contributed by atoms with van der Waals surface area (Å²) in [5.41, 5.74) is 0.313. The summed E-state index contributed by atoms with van der Waals surface area (Å²) in [4.78, 5) is 23.7. The number of anilines is 1. The van der Waals surface area contributed by atoms with Gasteiger partial charge >= 0.3 is 11.7 Å². The van der Waals surface area contributed by atoms with Gasteiger partial charge in [-0.1, -0.05) is 6.07 Å². The number of para-hydroxylation sites is 1. The van der Waals surface area contributed by atoms with Crippen molar-refractivity contribution < 1.29 is 19.6 Å². The first-order chi connectivity index (χ1) is 10.0. The molecule has 0 bridgehead atoms. The van der Waals surface area contributed by atoms with E-state index >= 15 is 0 Å². The van der Waals surface area contributed by atoms with Crippen LogP contribution in [-0.4, -0.2) is 47.2 Å². The average molecular weight is 312 g/mol. The van der Waals surface area contributed by atoms with E-state index in [0.717, 1.165) is 5.75 Å². The fourth-order valence-corrected chi connectivity index (χ4v) is 3.50. The second kappa shape index (κ2) is 6.66. The summed E-state index contributed by atoms with van der Waals surface area (Å²) in [7, 11) is 1.38. The van der Waals surface area contributed by atoms with Crippen molar-refractivity contribution in [3.63, 3.8) is 0 Å². The van der Waals surface area contributed by atoms with Crippen molar-refractivity contribution in [1.29, 1.82) is 0 Å². The maximum atomic E-state index is 11.4. The summed E-state index contributed by atoms with van der Waals surface area (Å²) in [5.74, 6) is 0.730. The van der Waals surface area contributed by atoms with E-state index in [9.17, 15) is 14.9 Å². The lowest BCUT2D eigenvalue weighted by atomic mass is 10.1. The Labute approximate surface area is 126 Å². The first kappa shape index (κ1) is 15.4. The maximum Gasteiger partial charge on any atom is 0.333 e. The van der Waals surface area contributed by atoms with Crippen LogP contribution in [0.3, 0.4) is 0 Å². The third-order valence-corrected chi connectivity index (χ3v) is 4.42. The molecule has 1 unspecified atom stereocenters. The van der Waals surface area contributed by atoms with Crippen LogP contribution in [-0.2, 0) is 4.79 Å². The number of carboxylic acid groups (broad SMARTS) is 1. The van der Waals surface area contributed by atoms with E-state index in [0.29, 0.717) is 18.0 Å². The molecular formula is C13H16N2O5S. The number of nitrogens with zero attached hydrogens (tertiary/aromatic N) is 2. The Bertz CT molecular complexity index is 551. The Morgan fingerprint density at radius 2 is 2.38 bits per heavy atom. The Morgan fingerprint density at radius 3 is 3.00 bits per heavy atom. The molecule has 0 aliphatic carbocycles. The van der Waals surface area contributed by atoms with Crippen molar-refractivity contribution in [2.24, 2.45) is 0 Å². The number of hydrogen-bond donors (Lipinski definition) is 1. The zero-order valence-electron chi connectivity index (χ0n) is 11.5. The molecule has 114 valence electrons. The van der Waals surface area contributed by atoms with Crippen LogP contribution in [0.25, 0.3) is 0 Å². The molecule has 1 aromatic carbocycles. The van der Waals surface area contributed by atoms with Crippen LogP contribution in [0, 0.1) is 10.1 Å². The first-order valence-electron chi connectivity index (χ1n) is 6.42. The zero-order valence-corrected chi connectivity index (χ0v) is 12.3. The van der Waals surface area contributed by atoms with E-state index < -0.39 is 10.9 Å². The second-order valence-corrected chi connectivity index (χ2v) is 5.75. The molecule has 1 fully saturated rings. The molecule has 0 saturated carbocycles. The third-order valence-electron chi connectivity index (χ3n) is 3.33. The monoisotopic (exact) mass is 312 g/mol. The lowest BCUT2D eigenvalue weighted by molar-refractivity contribution is -0.385. The number of hydrogen-bond acceptors (Lipinski definition) is 6. The van der Waals surface area contributed by atoms with Gasteiger partial charge < -0.3 is 14.7 Å². The fourth-order valence-electron chi connectivity index (χ4n) is 2.43. The lowest BCUT2D eigenvalue weighted by Crippen LogP contribution is -2.44. The van der Waals surface area contributed by atoms with Gasteiger partial charge in [-0.3, -0.25) is 14.9 Å². The average Bonchev–Trinajstić information content (AvgIpc) is 2.46. The molecule has 1 N–H and O–H groups in total. The zero-order chi connectivity index (χ0) is 15.4. The summed E-state index contributed by atoms with van der Waals surface area (Å²) >= 11 is 1.66. The molecule has 0 amide bonds. The van der Waals surface area contributed by atoms with Crippen molar-refractivity contribution in [1.82, 2.24) is 0 Å². The number of nitro groups is 1. The molecule has 0 radical (unpaired) electrons. The highest BCUT2D eigenvalue weighted by Crippen LogP contribution is 2.39. The van der Waals surface area contributed by atoms with E-state index in [4.69, 9.17) is 9.84 Å². The summed E-state index contributed by atoms with van der Waals surface area (Å²) in [6.45, 7) is 0.580. The molecule has 7 nitrogen and oxygen atoms in total. The molecule has 8 heteroatoms.